The molecule has 2 N–H and O–H groups in total. The molecule has 178 valence electrons. The lowest BCUT2D eigenvalue weighted by molar-refractivity contribution is -0.118. The van der Waals surface area contributed by atoms with Crippen molar-refractivity contribution in [2.75, 3.05) is 11.9 Å². The van der Waals surface area contributed by atoms with Crippen molar-refractivity contribution in [1.82, 2.24) is 9.71 Å². The van der Waals surface area contributed by atoms with E-state index in [-0.39, 0.29) is 39.0 Å². The van der Waals surface area contributed by atoms with Gasteiger partial charge < -0.3 is 10.1 Å². The summed E-state index contributed by atoms with van der Waals surface area (Å²) >= 11 is 1.00. The molecule has 1 aromatic carbocycles. The summed E-state index contributed by atoms with van der Waals surface area (Å²) in [5.41, 5.74) is 1.27. The Bertz CT molecular complexity index is 1180. The van der Waals surface area contributed by atoms with Gasteiger partial charge in [0.15, 0.2) is 9.34 Å². The number of aryl methyl sites for hydroxylation is 1. The number of hydrogen-bond donors (Lipinski definition) is 2. The van der Waals surface area contributed by atoms with E-state index >= 15 is 0 Å². The largest absolute Gasteiger partial charge is 0.373 e. The molecule has 0 unspecified atom stereocenters. The molecule has 0 radical (unpaired) electrons. The highest BCUT2D eigenvalue weighted by atomic mass is 32.2. The number of nitrogens with one attached hydrogen (secondary N) is 2. The maximum Gasteiger partial charge on any atom is 0.252 e. The minimum Gasteiger partial charge on any atom is -0.373 e. The van der Waals surface area contributed by atoms with E-state index in [0.717, 1.165) is 30.6 Å². The van der Waals surface area contributed by atoms with Gasteiger partial charge in [-0.25, -0.2) is 18.1 Å². The summed E-state index contributed by atoms with van der Waals surface area (Å²) in [5, 5.41) is 2.91. The second-order valence-corrected chi connectivity index (χ2v) is 13.3. The number of amides is 1. The first kappa shape index (κ1) is 23.0. The number of carbonyl (C=O) groups excluding carboxylic acids is 1. The van der Waals surface area contributed by atoms with Gasteiger partial charge in [0.25, 0.3) is 10.0 Å². The fraction of sp³-hybridized carbons (Fsp3) is 0.583. The summed E-state index contributed by atoms with van der Waals surface area (Å²) in [6, 6.07) is 10.1. The standard InChI is InChI=1S/C24H31N3O4S2/c1-14-20(32-22(25-14)26-15(2)28)33(29,30)27-21-23(3,4)17-12-18-19(16-8-6-5-7-9-16)31-11-10-24(18,21)13-17/h5-9,17-19,21,27H,10-13H2,1-4H3,(H,25,26,28)/t17-,18-,19-,21+,24-/m1/s1. The van der Waals surface area contributed by atoms with E-state index in [0.29, 0.717) is 23.4 Å². The van der Waals surface area contributed by atoms with Gasteiger partial charge in [0.05, 0.1) is 11.8 Å². The van der Waals surface area contributed by atoms with Gasteiger partial charge in [-0.05, 0) is 54.4 Å². The summed E-state index contributed by atoms with van der Waals surface area (Å²) in [6.07, 6.45) is 2.91. The van der Waals surface area contributed by atoms with E-state index in [1.807, 2.05) is 18.2 Å². The molecule has 2 bridgehead atoms. The average Bonchev–Trinajstić information content (AvgIpc) is 3.38. The monoisotopic (exact) mass is 489 g/mol. The van der Waals surface area contributed by atoms with Crippen LogP contribution in [0, 0.1) is 29.6 Å². The van der Waals surface area contributed by atoms with E-state index in [2.05, 4.69) is 41.0 Å². The van der Waals surface area contributed by atoms with Crippen LogP contribution in [0.4, 0.5) is 5.13 Å². The Balaban J connectivity index is 1.49. The summed E-state index contributed by atoms with van der Waals surface area (Å²) < 4.78 is 36.8. The molecule has 3 aliphatic rings. The second kappa shape index (κ2) is 7.86. The van der Waals surface area contributed by atoms with Crippen LogP contribution in [0.2, 0.25) is 0 Å². The van der Waals surface area contributed by atoms with Crippen LogP contribution >= 0.6 is 11.3 Å². The molecule has 1 aromatic heterocycles. The average molecular weight is 490 g/mol. The highest BCUT2D eigenvalue weighted by Gasteiger charge is 2.69. The number of aromatic nitrogens is 1. The number of ether oxygens (including phenoxy) is 1. The van der Waals surface area contributed by atoms with Crippen LogP contribution < -0.4 is 10.0 Å². The van der Waals surface area contributed by atoms with Gasteiger partial charge in [0.1, 0.15) is 0 Å². The molecule has 5 rings (SSSR count). The van der Waals surface area contributed by atoms with E-state index in [1.54, 1.807) is 6.92 Å². The van der Waals surface area contributed by atoms with Crippen LogP contribution in [0.15, 0.2) is 34.5 Å². The lowest BCUT2D eigenvalue weighted by Gasteiger charge is -2.53. The lowest BCUT2D eigenvalue weighted by Crippen LogP contribution is -2.58. The van der Waals surface area contributed by atoms with Crippen molar-refractivity contribution in [3.63, 3.8) is 0 Å². The summed E-state index contributed by atoms with van der Waals surface area (Å²) in [7, 11) is -3.81. The molecular formula is C24H31N3O4S2. The van der Waals surface area contributed by atoms with Crippen molar-refractivity contribution in [3.8, 4) is 0 Å². The SMILES string of the molecule is CC(=O)Nc1nc(C)c(S(=O)(=O)N[C@H]2C(C)(C)[C@@H]3C[C@@H]4[C@@H](c5ccccc5)OCC[C@@]42C3)s1. The van der Waals surface area contributed by atoms with Crippen LogP contribution in [0.1, 0.15) is 57.4 Å². The number of carbonyl (C=O) groups is 1. The quantitative estimate of drug-likeness (QED) is 0.654. The second-order valence-electron chi connectivity index (χ2n) is 10.4. The third-order valence-corrected chi connectivity index (χ3v) is 11.3. The van der Waals surface area contributed by atoms with Gasteiger partial charge >= 0.3 is 0 Å². The number of fused-ring (bicyclic) bond motifs is 1. The number of rotatable bonds is 5. The van der Waals surface area contributed by atoms with E-state index in [1.165, 1.54) is 12.5 Å². The summed E-state index contributed by atoms with van der Waals surface area (Å²) in [6.45, 7) is 8.08. The molecule has 33 heavy (non-hydrogen) atoms. The predicted octanol–water partition coefficient (Wildman–Crippen LogP) is 4.27. The van der Waals surface area contributed by atoms with Crippen LogP contribution in [-0.4, -0.2) is 32.0 Å². The van der Waals surface area contributed by atoms with Crippen molar-refractivity contribution >= 4 is 32.4 Å². The predicted molar refractivity (Wildman–Crippen MR) is 127 cm³/mol. The number of sulfonamides is 1. The van der Waals surface area contributed by atoms with Gasteiger partial charge in [-0.1, -0.05) is 55.5 Å². The lowest BCUT2D eigenvalue weighted by atomic mass is 9.59. The van der Waals surface area contributed by atoms with Gasteiger partial charge in [-0.2, -0.15) is 0 Å². The van der Waals surface area contributed by atoms with Crippen molar-refractivity contribution in [1.29, 1.82) is 0 Å². The summed E-state index contributed by atoms with van der Waals surface area (Å²) in [4.78, 5) is 15.7. The minimum absolute atomic E-state index is 0.00966. The zero-order valence-electron chi connectivity index (χ0n) is 19.4. The van der Waals surface area contributed by atoms with Gasteiger partial charge in [-0.3, -0.25) is 4.79 Å². The molecule has 2 heterocycles. The molecule has 2 aliphatic carbocycles. The van der Waals surface area contributed by atoms with Crippen molar-refractivity contribution in [2.45, 2.75) is 63.3 Å². The van der Waals surface area contributed by atoms with E-state index < -0.39 is 10.0 Å². The molecule has 2 saturated carbocycles. The van der Waals surface area contributed by atoms with Crippen molar-refractivity contribution in [3.05, 3.63) is 41.6 Å². The fourth-order valence-electron chi connectivity index (χ4n) is 6.74. The van der Waals surface area contributed by atoms with E-state index in [4.69, 9.17) is 4.74 Å². The third-order valence-electron chi connectivity index (χ3n) is 8.19. The van der Waals surface area contributed by atoms with Crippen LogP contribution in [0.3, 0.4) is 0 Å². The zero-order chi connectivity index (χ0) is 23.6. The Hall–Kier alpha value is -1.81. The maximum absolute atomic E-state index is 13.6. The molecule has 7 nitrogen and oxygen atoms in total. The van der Waals surface area contributed by atoms with Crippen LogP contribution in [0.5, 0.6) is 0 Å². The molecule has 1 spiro atoms. The maximum atomic E-state index is 13.6. The molecule has 1 aliphatic heterocycles. The Labute approximate surface area is 199 Å². The molecular weight excluding hydrogens is 458 g/mol. The Morgan fingerprint density at radius 3 is 2.67 bits per heavy atom. The van der Waals surface area contributed by atoms with Crippen LogP contribution in [-0.2, 0) is 19.6 Å². The minimum atomic E-state index is -3.81. The van der Waals surface area contributed by atoms with Gasteiger partial charge in [0.2, 0.25) is 5.91 Å². The zero-order valence-corrected chi connectivity index (χ0v) is 21.1. The number of benzene rings is 1. The topological polar surface area (TPSA) is 97.4 Å². The smallest absolute Gasteiger partial charge is 0.252 e. The Morgan fingerprint density at radius 2 is 1.97 bits per heavy atom. The van der Waals surface area contributed by atoms with Gasteiger partial charge in [-0.15, -0.1) is 0 Å². The van der Waals surface area contributed by atoms with Gasteiger partial charge in [0, 0.05) is 19.6 Å². The highest BCUT2D eigenvalue weighted by Crippen LogP contribution is 2.70. The van der Waals surface area contributed by atoms with E-state index in [9.17, 15) is 13.2 Å². The first-order chi connectivity index (χ1) is 15.5. The molecule has 3 fully saturated rings. The van der Waals surface area contributed by atoms with Crippen molar-refractivity contribution in [2.24, 2.45) is 22.7 Å². The number of nitrogens with zero attached hydrogens (tertiary/aromatic N) is 1. The first-order valence-corrected chi connectivity index (χ1v) is 13.8. The highest BCUT2D eigenvalue weighted by molar-refractivity contribution is 7.91. The molecule has 5 atom stereocenters. The number of hydrogen-bond acceptors (Lipinski definition) is 6. The first-order valence-electron chi connectivity index (χ1n) is 11.5. The normalized spacial score (nSPS) is 32.5. The number of anilines is 1. The Morgan fingerprint density at radius 1 is 1.24 bits per heavy atom. The third kappa shape index (κ3) is 3.64. The summed E-state index contributed by atoms with van der Waals surface area (Å²) in [5.74, 6) is 0.434. The molecule has 9 heteroatoms. The number of thiazole rings is 1. The Kier molecular flexibility index (Phi) is 5.47. The molecule has 1 amide bonds. The molecule has 1 saturated heterocycles. The van der Waals surface area contributed by atoms with Crippen LogP contribution in [0.25, 0.3) is 0 Å². The molecule has 2 aromatic rings. The van der Waals surface area contributed by atoms with Crippen molar-refractivity contribution < 1.29 is 17.9 Å². The fourth-order valence-corrected chi connectivity index (χ4v) is 9.70.